The van der Waals surface area contributed by atoms with Gasteiger partial charge in [0.05, 0.1) is 49.8 Å². The fourth-order valence-electron chi connectivity index (χ4n) is 8.30. The van der Waals surface area contributed by atoms with Gasteiger partial charge in [0.2, 0.25) is 11.8 Å². The number of aromatic amines is 2. The van der Waals surface area contributed by atoms with Crippen molar-refractivity contribution in [2.24, 2.45) is 5.92 Å². The number of fused-ring (bicyclic) bond motifs is 2. The lowest BCUT2D eigenvalue weighted by Gasteiger charge is -2.31. The van der Waals surface area contributed by atoms with Crippen LogP contribution in [0.25, 0.3) is 44.1 Å². The van der Waals surface area contributed by atoms with Crippen LogP contribution < -0.4 is 16.1 Å². The second-order valence-electron chi connectivity index (χ2n) is 15.6. The molecule has 0 bridgehead atoms. The van der Waals surface area contributed by atoms with Gasteiger partial charge in [-0.1, -0.05) is 44.2 Å². The van der Waals surface area contributed by atoms with Crippen LogP contribution in [0.5, 0.6) is 0 Å². The van der Waals surface area contributed by atoms with Crippen LogP contribution >= 0.6 is 0 Å². The number of pyridine rings is 1. The lowest BCUT2D eigenvalue weighted by atomic mass is 9.98. The molecule has 0 aliphatic carbocycles. The Morgan fingerprint density at radius 1 is 0.729 bits per heavy atom. The summed E-state index contributed by atoms with van der Waals surface area (Å²) in [5.41, 5.74) is 4.81. The summed E-state index contributed by atoms with van der Waals surface area (Å²) in [5, 5.41) is 7.89. The van der Waals surface area contributed by atoms with E-state index in [-0.39, 0.29) is 35.2 Å². The van der Waals surface area contributed by atoms with Crippen molar-refractivity contribution >= 4 is 45.7 Å². The molecule has 15 heteroatoms. The normalized spacial score (nSPS) is 18.2. The molecule has 4 N–H and O–H groups in total. The summed E-state index contributed by atoms with van der Waals surface area (Å²) in [7, 11) is 4.00. The molecule has 0 radical (unpaired) electrons. The predicted octanol–water partition coefficient (Wildman–Crippen LogP) is 6.21. The summed E-state index contributed by atoms with van der Waals surface area (Å²) in [4.78, 5) is 80.0. The number of amides is 4. The monoisotopic (exact) mass is 805 g/mol. The third kappa shape index (κ3) is 8.37. The third-order valence-corrected chi connectivity index (χ3v) is 11.6. The third-order valence-electron chi connectivity index (χ3n) is 11.6. The molecular formula is C44H51N7O8. The van der Waals surface area contributed by atoms with E-state index in [1.807, 2.05) is 44.2 Å². The first-order chi connectivity index (χ1) is 28.4. The number of nitrogens with one attached hydrogen (secondary N) is 4. The Balaban J connectivity index is 1.11. The molecule has 0 unspecified atom stereocenters. The summed E-state index contributed by atoms with van der Waals surface area (Å²) in [6.45, 7) is 6.53. The largest absolute Gasteiger partial charge is 0.453 e. The number of imidazole rings is 1. The maximum atomic E-state index is 13.8. The molecule has 5 atom stereocenters. The minimum absolute atomic E-state index is 0.123. The Bertz CT molecular complexity index is 2440. The van der Waals surface area contributed by atoms with Crippen molar-refractivity contribution in [3.05, 3.63) is 88.6 Å². The molecule has 2 fully saturated rings. The number of rotatable bonds is 11. The number of ether oxygens (including phenoxy) is 3. The zero-order valence-electron chi connectivity index (χ0n) is 34.2. The van der Waals surface area contributed by atoms with Gasteiger partial charge in [-0.25, -0.2) is 14.6 Å². The highest BCUT2D eigenvalue weighted by atomic mass is 16.5. The number of carbonyl (C=O) groups excluding carboxylic acids is 4. The number of aromatic nitrogens is 3. The first-order valence-electron chi connectivity index (χ1n) is 20.0. The molecule has 0 saturated carbocycles. The van der Waals surface area contributed by atoms with E-state index in [0.29, 0.717) is 41.9 Å². The average molecular weight is 806 g/mol. The number of benzene rings is 3. The fourth-order valence-corrected chi connectivity index (χ4v) is 8.30. The standard InChI is InChI=1S/C44H51N7O8/c1-24(2)38(48-43(55)58-5)41(53)51-18-8-10-36(51)40-45-23-34(47-40)30-14-13-26-19-27(11-12-28(26)20-30)29-15-16-31-32(21-29)46-33(22-37(31)52)35-9-7-17-50(35)42(54)39(25(3)57-4)49-44(56)59-6/h11-16,19-25,35-36,38-39H,7-10,17-18H2,1-6H3,(H,45,47)(H,46,52)(H,48,55)(H,49,56)/t25-,35+,36-,38-,39+/m1/s1. The smallest absolute Gasteiger partial charge is 0.407 e. The van der Waals surface area contributed by atoms with Crippen molar-refractivity contribution in [2.45, 2.75) is 76.7 Å². The molecule has 4 amide bonds. The van der Waals surface area contributed by atoms with E-state index >= 15 is 0 Å². The zero-order valence-corrected chi connectivity index (χ0v) is 34.2. The molecule has 3 aromatic carbocycles. The van der Waals surface area contributed by atoms with Gasteiger partial charge in [-0.05, 0) is 84.7 Å². The summed E-state index contributed by atoms with van der Waals surface area (Å²) in [6.07, 6.45) is 2.79. The average Bonchev–Trinajstić information content (AvgIpc) is 4.05. The Morgan fingerprint density at radius 3 is 1.97 bits per heavy atom. The van der Waals surface area contributed by atoms with Crippen LogP contribution in [0.4, 0.5) is 9.59 Å². The van der Waals surface area contributed by atoms with Gasteiger partial charge in [-0.3, -0.25) is 14.4 Å². The Morgan fingerprint density at radius 2 is 1.31 bits per heavy atom. The fraction of sp³-hybridized carbons (Fsp3) is 0.409. The number of nitrogens with zero attached hydrogens (tertiary/aromatic N) is 3. The van der Waals surface area contributed by atoms with Gasteiger partial charge in [-0.15, -0.1) is 0 Å². The molecule has 15 nitrogen and oxygen atoms in total. The van der Waals surface area contributed by atoms with Crippen molar-refractivity contribution in [3.63, 3.8) is 0 Å². The van der Waals surface area contributed by atoms with Gasteiger partial charge in [0.1, 0.15) is 17.9 Å². The molecule has 0 spiro atoms. The number of hydrogen-bond donors (Lipinski definition) is 4. The van der Waals surface area contributed by atoms with Gasteiger partial charge in [0, 0.05) is 42.9 Å². The number of H-pyrrole nitrogens is 2. The molecule has 4 heterocycles. The molecule has 2 aromatic heterocycles. The van der Waals surface area contributed by atoms with E-state index in [0.717, 1.165) is 52.4 Å². The highest BCUT2D eigenvalue weighted by molar-refractivity contribution is 5.92. The quantitative estimate of drug-likeness (QED) is 0.120. The number of methoxy groups -OCH3 is 3. The second-order valence-corrected chi connectivity index (χ2v) is 15.6. The van der Waals surface area contributed by atoms with Crippen LogP contribution in [0.3, 0.4) is 0 Å². The minimum atomic E-state index is -0.963. The molecule has 7 rings (SSSR count). The van der Waals surface area contributed by atoms with E-state index in [9.17, 15) is 24.0 Å². The van der Waals surface area contributed by atoms with E-state index in [2.05, 4.69) is 44.9 Å². The highest BCUT2D eigenvalue weighted by Gasteiger charge is 2.39. The van der Waals surface area contributed by atoms with Crippen LogP contribution in [-0.4, -0.2) is 101 Å². The van der Waals surface area contributed by atoms with E-state index in [1.54, 1.807) is 29.0 Å². The molecular weight excluding hydrogens is 755 g/mol. The van der Waals surface area contributed by atoms with Crippen LogP contribution in [0, 0.1) is 5.92 Å². The first kappa shape index (κ1) is 41.0. The van der Waals surface area contributed by atoms with Gasteiger partial charge in [0.15, 0.2) is 5.43 Å². The lowest BCUT2D eigenvalue weighted by molar-refractivity contribution is -0.137. The van der Waals surface area contributed by atoms with Crippen LogP contribution in [-0.2, 0) is 23.8 Å². The van der Waals surface area contributed by atoms with Crippen molar-refractivity contribution in [2.75, 3.05) is 34.4 Å². The highest BCUT2D eigenvalue weighted by Crippen LogP contribution is 2.35. The summed E-state index contributed by atoms with van der Waals surface area (Å²) in [5.74, 6) is 0.109. The number of likely N-dealkylation sites (tertiary alicyclic amines) is 2. The van der Waals surface area contributed by atoms with Crippen LogP contribution in [0.2, 0.25) is 0 Å². The second kappa shape index (κ2) is 17.3. The van der Waals surface area contributed by atoms with Gasteiger partial charge in [0.25, 0.3) is 0 Å². The van der Waals surface area contributed by atoms with Crippen molar-refractivity contribution in [1.82, 2.24) is 35.4 Å². The maximum absolute atomic E-state index is 13.8. The van der Waals surface area contributed by atoms with Crippen LogP contribution in [0.15, 0.2) is 71.7 Å². The Labute approximate surface area is 341 Å². The van der Waals surface area contributed by atoms with Crippen molar-refractivity contribution in [1.29, 1.82) is 0 Å². The van der Waals surface area contributed by atoms with E-state index < -0.39 is 30.4 Å². The summed E-state index contributed by atoms with van der Waals surface area (Å²) in [6, 6.07) is 17.4. The van der Waals surface area contributed by atoms with Crippen molar-refractivity contribution in [3.8, 4) is 22.4 Å². The first-order valence-corrected chi connectivity index (χ1v) is 20.0. The van der Waals surface area contributed by atoms with E-state index in [4.69, 9.17) is 19.2 Å². The number of hydrogen-bond acceptors (Lipinski definition) is 9. The minimum Gasteiger partial charge on any atom is -0.453 e. The molecule has 2 saturated heterocycles. The molecule has 310 valence electrons. The number of alkyl carbamates (subject to hydrolysis) is 2. The van der Waals surface area contributed by atoms with E-state index in [1.165, 1.54) is 21.3 Å². The van der Waals surface area contributed by atoms with Gasteiger partial charge < -0.3 is 44.6 Å². The predicted molar refractivity (Wildman–Crippen MR) is 222 cm³/mol. The van der Waals surface area contributed by atoms with Crippen LogP contribution in [0.1, 0.15) is 70.1 Å². The Hall–Kier alpha value is -6.22. The van der Waals surface area contributed by atoms with Gasteiger partial charge >= 0.3 is 12.2 Å². The summed E-state index contributed by atoms with van der Waals surface area (Å²) < 4.78 is 14.9. The maximum Gasteiger partial charge on any atom is 0.407 e. The molecule has 2 aliphatic rings. The Kier molecular flexibility index (Phi) is 12.0. The lowest BCUT2D eigenvalue weighted by Crippen LogP contribution is -2.54. The molecule has 5 aromatic rings. The van der Waals surface area contributed by atoms with Crippen molar-refractivity contribution < 1.29 is 33.4 Å². The number of carbonyl (C=O) groups is 4. The van der Waals surface area contributed by atoms with Gasteiger partial charge in [-0.2, -0.15) is 0 Å². The SMILES string of the molecule is COC(=O)N[C@H](C(=O)N1CCC[C@H]1c1cc(=O)c2ccc(-c3ccc4cc(-c5cnc([C@H]6CCCN6C(=O)[C@H](NC(=O)OC)C(C)C)[nH]5)ccc4c3)cc2[nH]1)[C@@H](C)OC. The molecule has 59 heavy (non-hydrogen) atoms. The topological polar surface area (TPSA) is 188 Å². The summed E-state index contributed by atoms with van der Waals surface area (Å²) >= 11 is 0. The molecule has 2 aliphatic heterocycles. The zero-order chi connectivity index (χ0) is 42.0.